The summed E-state index contributed by atoms with van der Waals surface area (Å²) in [5, 5.41) is 2.67. The first-order valence-corrected chi connectivity index (χ1v) is 9.42. The first-order valence-electron chi connectivity index (χ1n) is 7.60. The van der Waals surface area contributed by atoms with E-state index in [4.69, 9.17) is 0 Å². The summed E-state index contributed by atoms with van der Waals surface area (Å²) in [6, 6.07) is 9.52. The molecule has 5 heteroatoms. The molecule has 1 rings (SSSR count). The minimum atomic E-state index is -3.15. The van der Waals surface area contributed by atoms with E-state index in [1.807, 2.05) is 37.3 Å². The smallest absolute Gasteiger partial charge is 0.220 e. The predicted molar refractivity (Wildman–Crippen MR) is 90.4 cm³/mol. The molecule has 0 spiro atoms. The fourth-order valence-electron chi connectivity index (χ4n) is 2.07. The monoisotopic (exact) mass is 323 g/mol. The second-order valence-electron chi connectivity index (χ2n) is 5.35. The van der Waals surface area contributed by atoms with Crippen LogP contribution < -0.4 is 5.32 Å². The molecule has 0 aromatic heterocycles. The first kappa shape index (κ1) is 18.4. The summed E-state index contributed by atoms with van der Waals surface area (Å²) < 4.78 is 23.9. The topological polar surface area (TPSA) is 63.2 Å². The van der Waals surface area contributed by atoms with Gasteiger partial charge >= 0.3 is 0 Å². The Morgan fingerprint density at radius 2 is 1.95 bits per heavy atom. The van der Waals surface area contributed by atoms with Crippen molar-refractivity contribution in [2.45, 2.75) is 26.2 Å². The van der Waals surface area contributed by atoms with Gasteiger partial charge in [0.05, 0.1) is 11.5 Å². The zero-order valence-electron chi connectivity index (χ0n) is 13.1. The van der Waals surface area contributed by atoms with Crippen molar-refractivity contribution >= 4 is 15.7 Å². The molecule has 1 unspecified atom stereocenters. The van der Waals surface area contributed by atoms with Crippen LogP contribution in [-0.4, -0.2) is 32.4 Å². The van der Waals surface area contributed by atoms with Crippen LogP contribution in [0.15, 0.2) is 43.0 Å². The zero-order valence-corrected chi connectivity index (χ0v) is 13.9. The number of benzene rings is 1. The van der Waals surface area contributed by atoms with Crippen molar-refractivity contribution in [2.75, 3.05) is 18.1 Å². The van der Waals surface area contributed by atoms with Crippen LogP contribution >= 0.6 is 0 Å². The number of carbonyl (C=O) groups is 1. The fraction of sp³-hybridized carbons (Fsp3) is 0.471. The van der Waals surface area contributed by atoms with Crippen molar-refractivity contribution in [3.8, 4) is 0 Å². The second kappa shape index (κ2) is 9.41. The summed E-state index contributed by atoms with van der Waals surface area (Å²) >= 11 is 0. The predicted octanol–water partition coefficient (Wildman–Crippen LogP) is 2.36. The molecular formula is C17H25NO3S. The molecule has 1 N–H and O–H groups in total. The molecule has 0 saturated carbocycles. The van der Waals surface area contributed by atoms with E-state index in [1.165, 1.54) is 0 Å². The lowest BCUT2D eigenvalue weighted by molar-refractivity contribution is -0.121. The van der Waals surface area contributed by atoms with Crippen LogP contribution in [0.3, 0.4) is 0 Å². The fourth-order valence-corrected chi connectivity index (χ4v) is 3.23. The Balaban J connectivity index is 2.30. The highest BCUT2D eigenvalue weighted by Crippen LogP contribution is 2.08. The van der Waals surface area contributed by atoms with E-state index in [0.717, 1.165) is 12.0 Å². The lowest BCUT2D eigenvalue weighted by atomic mass is 10.0. The molecule has 1 aromatic carbocycles. The summed E-state index contributed by atoms with van der Waals surface area (Å²) in [5.74, 6) is 0.118. The van der Waals surface area contributed by atoms with Crippen molar-refractivity contribution in [3.63, 3.8) is 0 Å². The van der Waals surface area contributed by atoms with Gasteiger partial charge in [-0.25, -0.2) is 8.42 Å². The summed E-state index contributed by atoms with van der Waals surface area (Å²) in [6.07, 6.45) is 3.48. The number of allylic oxidation sites excluding steroid dienone is 1. The highest BCUT2D eigenvalue weighted by atomic mass is 32.2. The van der Waals surface area contributed by atoms with Gasteiger partial charge in [0.1, 0.15) is 0 Å². The number of hydrogen-bond acceptors (Lipinski definition) is 3. The molecule has 0 fully saturated rings. The summed E-state index contributed by atoms with van der Waals surface area (Å²) in [7, 11) is -3.15. The van der Waals surface area contributed by atoms with E-state index in [-0.39, 0.29) is 29.9 Å². The van der Waals surface area contributed by atoms with Crippen molar-refractivity contribution in [1.82, 2.24) is 5.32 Å². The lowest BCUT2D eigenvalue weighted by Crippen LogP contribution is -2.31. The van der Waals surface area contributed by atoms with Crippen LogP contribution in [-0.2, 0) is 21.1 Å². The maximum atomic E-state index is 12.0. The Kier molecular flexibility index (Phi) is 7.88. The molecule has 0 radical (unpaired) electrons. The van der Waals surface area contributed by atoms with E-state index >= 15 is 0 Å². The van der Waals surface area contributed by atoms with Crippen molar-refractivity contribution in [2.24, 2.45) is 5.92 Å². The normalized spacial score (nSPS) is 12.6. The minimum Gasteiger partial charge on any atom is -0.355 e. The maximum absolute atomic E-state index is 12.0. The Morgan fingerprint density at radius 1 is 1.27 bits per heavy atom. The van der Waals surface area contributed by atoms with Crippen molar-refractivity contribution in [1.29, 1.82) is 0 Å². The summed E-state index contributed by atoms with van der Waals surface area (Å²) in [4.78, 5) is 11.7. The van der Waals surface area contributed by atoms with Crippen molar-refractivity contribution in [3.05, 3.63) is 48.6 Å². The van der Waals surface area contributed by atoms with Crippen LogP contribution in [0.2, 0.25) is 0 Å². The van der Waals surface area contributed by atoms with Crippen LogP contribution in [0.5, 0.6) is 0 Å². The number of hydrogen-bond donors (Lipinski definition) is 1. The standard InChI is InChI=1S/C17H25NO3S/c1-3-15(4-2)14-17(19)18-11-13-22(20,21)12-10-16-8-6-5-7-9-16/h3,5-9,15H,1,4,10-14H2,2H3,(H,18,19). The van der Waals surface area contributed by atoms with Crippen molar-refractivity contribution < 1.29 is 13.2 Å². The van der Waals surface area contributed by atoms with E-state index < -0.39 is 9.84 Å². The molecule has 0 heterocycles. The molecule has 0 saturated heterocycles. The Bertz CT molecular complexity index is 567. The second-order valence-corrected chi connectivity index (χ2v) is 7.65. The highest BCUT2D eigenvalue weighted by Gasteiger charge is 2.13. The van der Waals surface area contributed by atoms with Gasteiger partial charge in [-0.2, -0.15) is 0 Å². The molecule has 0 aliphatic rings. The largest absolute Gasteiger partial charge is 0.355 e. The average molecular weight is 323 g/mol. The van der Waals surface area contributed by atoms with Gasteiger partial charge in [-0.05, 0) is 24.3 Å². The van der Waals surface area contributed by atoms with Gasteiger partial charge < -0.3 is 5.32 Å². The summed E-state index contributed by atoms with van der Waals surface area (Å²) in [5.41, 5.74) is 1.01. The Hall–Kier alpha value is -1.62. The SMILES string of the molecule is C=CC(CC)CC(=O)NCCS(=O)(=O)CCc1ccccc1. The molecular weight excluding hydrogens is 298 g/mol. The number of sulfone groups is 1. The molecule has 0 bridgehead atoms. The highest BCUT2D eigenvalue weighted by molar-refractivity contribution is 7.91. The zero-order chi connectivity index (χ0) is 16.4. The van der Waals surface area contributed by atoms with Gasteiger partial charge in [-0.1, -0.05) is 43.3 Å². The molecule has 0 aliphatic heterocycles. The quantitative estimate of drug-likeness (QED) is 0.672. The van der Waals surface area contributed by atoms with E-state index in [9.17, 15) is 13.2 Å². The van der Waals surface area contributed by atoms with Crippen LogP contribution in [0.25, 0.3) is 0 Å². The third kappa shape index (κ3) is 7.41. The van der Waals surface area contributed by atoms with Gasteiger partial charge in [0.25, 0.3) is 0 Å². The van der Waals surface area contributed by atoms with Crippen LogP contribution in [0.1, 0.15) is 25.3 Å². The minimum absolute atomic E-state index is 0.0174. The number of aryl methyl sites for hydroxylation is 1. The molecule has 1 amide bonds. The van der Waals surface area contributed by atoms with E-state index in [0.29, 0.717) is 12.8 Å². The van der Waals surface area contributed by atoms with E-state index in [2.05, 4.69) is 11.9 Å². The van der Waals surface area contributed by atoms with E-state index in [1.54, 1.807) is 6.08 Å². The first-order chi connectivity index (χ1) is 10.5. The van der Waals surface area contributed by atoms with Gasteiger partial charge in [0.2, 0.25) is 5.91 Å². The third-order valence-corrected chi connectivity index (χ3v) is 5.24. The van der Waals surface area contributed by atoms with Crippen LogP contribution in [0, 0.1) is 5.92 Å². The Morgan fingerprint density at radius 3 is 2.55 bits per heavy atom. The number of carbonyl (C=O) groups excluding carboxylic acids is 1. The maximum Gasteiger partial charge on any atom is 0.220 e. The Labute approximate surface area is 133 Å². The van der Waals surface area contributed by atoms with Gasteiger partial charge in [0, 0.05) is 13.0 Å². The number of amides is 1. The van der Waals surface area contributed by atoms with Crippen LogP contribution in [0.4, 0.5) is 0 Å². The molecule has 122 valence electrons. The van der Waals surface area contributed by atoms with Gasteiger partial charge in [-0.3, -0.25) is 4.79 Å². The number of nitrogens with one attached hydrogen (secondary N) is 1. The molecule has 1 aromatic rings. The van der Waals surface area contributed by atoms with Gasteiger partial charge in [-0.15, -0.1) is 6.58 Å². The summed E-state index contributed by atoms with van der Waals surface area (Å²) in [6.45, 7) is 5.85. The molecule has 0 aliphatic carbocycles. The average Bonchev–Trinajstić information content (AvgIpc) is 2.51. The number of rotatable bonds is 10. The lowest BCUT2D eigenvalue weighted by Gasteiger charge is -2.10. The van der Waals surface area contributed by atoms with Gasteiger partial charge in [0.15, 0.2) is 9.84 Å². The molecule has 1 atom stereocenters. The molecule has 22 heavy (non-hydrogen) atoms. The molecule has 4 nitrogen and oxygen atoms in total. The third-order valence-electron chi connectivity index (χ3n) is 3.59.